The third-order valence-electron chi connectivity index (χ3n) is 2.07. The van der Waals surface area contributed by atoms with E-state index in [1.54, 1.807) is 0 Å². The molecule has 0 heterocycles. The lowest BCUT2D eigenvalue weighted by molar-refractivity contribution is -0.148. The molecule has 0 fully saturated rings. The maximum Gasteiger partial charge on any atom is 0.310 e. The molecular weight excluding hydrogens is 190 g/mol. The summed E-state index contributed by atoms with van der Waals surface area (Å²) in [5.74, 6) is -0.288. The molecule has 0 bridgehead atoms. The van der Waals surface area contributed by atoms with Gasteiger partial charge in [0.1, 0.15) is 0 Å². The highest BCUT2D eigenvalue weighted by Gasteiger charge is 2.26. The summed E-state index contributed by atoms with van der Waals surface area (Å²) in [6.45, 7) is 2.24. The quantitative estimate of drug-likeness (QED) is 0.546. The van der Waals surface area contributed by atoms with Crippen molar-refractivity contribution in [1.82, 2.24) is 0 Å². The van der Waals surface area contributed by atoms with E-state index in [9.17, 15) is 4.79 Å². The predicted molar refractivity (Wildman–Crippen MR) is 53.7 cm³/mol. The van der Waals surface area contributed by atoms with E-state index in [-0.39, 0.29) is 30.3 Å². The standard InChI is InChI=1S/C9H15NO2.ClH/c1-2-12-9(11)7-5-3-4-6-8(7)10;/h3-4,7-8H,2,5-6,10H2,1H3;1H/t7-,8-;/m1./s1. The Morgan fingerprint density at radius 1 is 1.54 bits per heavy atom. The average Bonchev–Trinajstić information content (AvgIpc) is 2.05. The Hall–Kier alpha value is -0.540. The van der Waals surface area contributed by atoms with Crippen molar-refractivity contribution in [2.75, 3.05) is 6.61 Å². The predicted octanol–water partition coefficient (Wildman–Crippen LogP) is 1.26. The maximum absolute atomic E-state index is 11.3. The van der Waals surface area contributed by atoms with Crippen LogP contribution in [0.15, 0.2) is 12.2 Å². The summed E-state index contributed by atoms with van der Waals surface area (Å²) in [6.07, 6.45) is 5.51. The Morgan fingerprint density at radius 2 is 2.15 bits per heavy atom. The van der Waals surface area contributed by atoms with Crippen molar-refractivity contribution in [3.8, 4) is 0 Å². The van der Waals surface area contributed by atoms with E-state index in [4.69, 9.17) is 10.5 Å². The van der Waals surface area contributed by atoms with Crippen LogP contribution in [0.5, 0.6) is 0 Å². The number of esters is 1. The molecule has 0 unspecified atom stereocenters. The van der Waals surface area contributed by atoms with Gasteiger partial charge in [0.15, 0.2) is 0 Å². The Morgan fingerprint density at radius 3 is 2.69 bits per heavy atom. The lowest BCUT2D eigenvalue weighted by atomic mass is 9.90. The molecule has 4 heteroatoms. The second kappa shape index (κ2) is 6.00. The molecular formula is C9H16ClNO2. The normalized spacial score (nSPS) is 26.3. The van der Waals surface area contributed by atoms with Crippen molar-refractivity contribution in [2.24, 2.45) is 11.7 Å². The van der Waals surface area contributed by atoms with E-state index in [0.29, 0.717) is 6.61 Å². The Kier molecular flexibility index (Phi) is 5.75. The first kappa shape index (κ1) is 12.5. The maximum atomic E-state index is 11.3. The van der Waals surface area contributed by atoms with Crippen LogP contribution in [0.4, 0.5) is 0 Å². The second-order valence-corrected chi connectivity index (χ2v) is 2.97. The van der Waals surface area contributed by atoms with Crippen LogP contribution in [0.1, 0.15) is 19.8 Å². The van der Waals surface area contributed by atoms with Gasteiger partial charge in [0.05, 0.1) is 12.5 Å². The van der Waals surface area contributed by atoms with Crippen LogP contribution in [0.3, 0.4) is 0 Å². The molecule has 0 aliphatic heterocycles. The minimum absolute atomic E-state index is 0. The zero-order chi connectivity index (χ0) is 8.97. The van der Waals surface area contributed by atoms with Gasteiger partial charge in [0.2, 0.25) is 0 Å². The summed E-state index contributed by atoms with van der Waals surface area (Å²) in [7, 11) is 0. The molecule has 0 aromatic heterocycles. The number of carbonyl (C=O) groups excluding carboxylic acids is 1. The van der Waals surface area contributed by atoms with Crippen molar-refractivity contribution in [2.45, 2.75) is 25.8 Å². The minimum atomic E-state index is -0.158. The lowest BCUT2D eigenvalue weighted by Crippen LogP contribution is -2.37. The van der Waals surface area contributed by atoms with Gasteiger partial charge in [-0.15, -0.1) is 12.4 Å². The fourth-order valence-corrected chi connectivity index (χ4v) is 1.36. The molecule has 13 heavy (non-hydrogen) atoms. The second-order valence-electron chi connectivity index (χ2n) is 2.97. The van der Waals surface area contributed by atoms with E-state index >= 15 is 0 Å². The fraction of sp³-hybridized carbons (Fsp3) is 0.667. The van der Waals surface area contributed by atoms with E-state index in [2.05, 4.69) is 0 Å². The van der Waals surface area contributed by atoms with Crippen LogP contribution in [-0.2, 0) is 9.53 Å². The first-order chi connectivity index (χ1) is 5.75. The van der Waals surface area contributed by atoms with Crippen LogP contribution in [0.25, 0.3) is 0 Å². The van der Waals surface area contributed by atoms with Crippen LogP contribution in [0, 0.1) is 5.92 Å². The van der Waals surface area contributed by atoms with Crippen LogP contribution < -0.4 is 5.73 Å². The number of hydrogen-bond acceptors (Lipinski definition) is 3. The zero-order valence-corrected chi connectivity index (χ0v) is 8.55. The van der Waals surface area contributed by atoms with Crippen LogP contribution in [0.2, 0.25) is 0 Å². The van der Waals surface area contributed by atoms with Gasteiger partial charge in [0, 0.05) is 6.04 Å². The highest BCUT2D eigenvalue weighted by Crippen LogP contribution is 2.18. The molecule has 0 radical (unpaired) electrons. The Balaban J connectivity index is 0.00000144. The number of nitrogens with two attached hydrogens (primary N) is 1. The molecule has 0 spiro atoms. The van der Waals surface area contributed by atoms with E-state index in [1.165, 1.54) is 0 Å². The number of hydrogen-bond donors (Lipinski definition) is 1. The Labute approximate surface area is 84.7 Å². The lowest BCUT2D eigenvalue weighted by Gasteiger charge is -2.22. The van der Waals surface area contributed by atoms with E-state index in [0.717, 1.165) is 12.8 Å². The van der Waals surface area contributed by atoms with Gasteiger partial charge in [-0.25, -0.2) is 0 Å². The highest BCUT2D eigenvalue weighted by atomic mass is 35.5. The van der Waals surface area contributed by atoms with Crippen molar-refractivity contribution in [3.05, 3.63) is 12.2 Å². The summed E-state index contributed by atoms with van der Waals surface area (Å²) in [4.78, 5) is 11.3. The smallest absolute Gasteiger partial charge is 0.310 e. The molecule has 0 amide bonds. The number of allylic oxidation sites excluding steroid dienone is 1. The third-order valence-corrected chi connectivity index (χ3v) is 2.07. The molecule has 3 nitrogen and oxygen atoms in total. The molecule has 1 rings (SSSR count). The number of rotatable bonds is 2. The van der Waals surface area contributed by atoms with Crippen molar-refractivity contribution in [3.63, 3.8) is 0 Å². The first-order valence-corrected chi connectivity index (χ1v) is 4.33. The zero-order valence-electron chi connectivity index (χ0n) is 7.73. The van der Waals surface area contributed by atoms with Gasteiger partial charge in [-0.1, -0.05) is 12.2 Å². The summed E-state index contributed by atoms with van der Waals surface area (Å²) in [5, 5.41) is 0. The highest BCUT2D eigenvalue weighted by molar-refractivity contribution is 5.85. The van der Waals surface area contributed by atoms with Crippen LogP contribution >= 0.6 is 12.4 Å². The summed E-state index contributed by atoms with van der Waals surface area (Å²) in [6, 6.07) is -0.0611. The van der Waals surface area contributed by atoms with Gasteiger partial charge in [-0.05, 0) is 19.8 Å². The van der Waals surface area contributed by atoms with Crippen LogP contribution in [-0.4, -0.2) is 18.6 Å². The molecule has 0 aromatic carbocycles. The van der Waals surface area contributed by atoms with Crippen molar-refractivity contribution in [1.29, 1.82) is 0 Å². The summed E-state index contributed by atoms with van der Waals surface area (Å²) in [5.41, 5.74) is 5.76. The Bertz CT molecular complexity index is 194. The number of halogens is 1. The molecule has 2 N–H and O–H groups in total. The fourth-order valence-electron chi connectivity index (χ4n) is 1.36. The average molecular weight is 206 g/mol. The summed E-state index contributed by atoms with van der Waals surface area (Å²) >= 11 is 0. The molecule has 76 valence electrons. The first-order valence-electron chi connectivity index (χ1n) is 4.33. The van der Waals surface area contributed by atoms with Crippen molar-refractivity contribution >= 4 is 18.4 Å². The molecule has 0 saturated heterocycles. The number of ether oxygens (including phenoxy) is 1. The minimum Gasteiger partial charge on any atom is -0.466 e. The van der Waals surface area contributed by atoms with Gasteiger partial charge in [-0.2, -0.15) is 0 Å². The van der Waals surface area contributed by atoms with E-state index < -0.39 is 0 Å². The molecule has 0 aromatic rings. The third kappa shape index (κ3) is 3.36. The summed E-state index contributed by atoms with van der Waals surface area (Å²) < 4.78 is 4.90. The van der Waals surface area contributed by atoms with E-state index in [1.807, 2.05) is 19.1 Å². The number of carbonyl (C=O) groups is 1. The SMILES string of the molecule is CCOC(=O)[C@@H]1CC=CC[C@H]1N.Cl. The topological polar surface area (TPSA) is 52.3 Å². The molecule has 2 atom stereocenters. The van der Waals surface area contributed by atoms with Gasteiger partial charge >= 0.3 is 5.97 Å². The molecule has 0 saturated carbocycles. The van der Waals surface area contributed by atoms with Gasteiger partial charge < -0.3 is 10.5 Å². The van der Waals surface area contributed by atoms with Gasteiger partial charge in [0.25, 0.3) is 0 Å². The monoisotopic (exact) mass is 205 g/mol. The molecule has 1 aliphatic carbocycles. The largest absolute Gasteiger partial charge is 0.466 e. The van der Waals surface area contributed by atoms with Crippen molar-refractivity contribution < 1.29 is 9.53 Å². The molecule has 1 aliphatic rings. The van der Waals surface area contributed by atoms with Gasteiger partial charge in [-0.3, -0.25) is 4.79 Å².